The number of hydrogen-bond donors (Lipinski definition) is 0. The molecule has 0 saturated heterocycles. The van der Waals surface area contributed by atoms with Crippen LogP contribution in [0.5, 0.6) is 0 Å². The fourth-order valence-electron chi connectivity index (χ4n) is 2.08. The van der Waals surface area contributed by atoms with Crippen molar-refractivity contribution < 1.29 is 0 Å². The average Bonchev–Trinajstić information content (AvgIpc) is 2.68. The summed E-state index contributed by atoms with van der Waals surface area (Å²) in [6.07, 6.45) is 0. The molecule has 0 unspecified atom stereocenters. The molecule has 1 aromatic carbocycles. The Hall–Kier alpha value is -1.81. The van der Waals surface area contributed by atoms with E-state index in [9.17, 15) is 4.79 Å². The molecule has 0 N–H and O–H groups in total. The van der Waals surface area contributed by atoms with Crippen molar-refractivity contribution >= 4 is 28.2 Å². The van der Waals surface area contributed by atoms with Gasteiger partial charge < -0.3 is 4.57 Å². The van der Waals surface area contributed by atoms with Crippen LogP contribution < -0.4 is 5.56 Å². The van der Waals surface area contributed by atoms with Crippen molar-refractivity contribution in [3.05, 3.63) is 45.3 Å². The van der Waals surface area contributed by atoms with Crippen LogP contribution in [-0.2, 0) is 7.05 Å². The Labute approximate surface area is 102 Å². The molecule has 2 aromatic heterocycles. The second-order valence-electron chi connectivity index (χ2n) is 4.08. The van der Waals surface area contributed by atoms with E-state index < -0.39 is 0 Å². The van der Waals surface area contributed by atoms with Crippen LogP contribution >= 0.6 is 11.6 Å². The van der Waals surface area contributed by atoms with Crippen molar-refractivity contribution in [3.63, 3.8) is 0 Å². The highest BCUT2D eigenvalue weighted by atomic mass is 35.5. The molecular weight excluding hydrogens is 238 g/mol. The van der Waals surface area contributed by atoms with Crippen LogP contribution in [-0.4, -0.2) is 14.2 Å². The quantitative estimate of drug-likeness (QED) is 0.611. The van der Waals surface area contributed by atoms with Crippen LogP contribution in [0.4, 0.5) is 0 Å². The van der Waals surface area contributed by atoms with Crippen molar-refractivity contribution in [3.8, 4) is 0 Å². The summed E-state index contributed by atoms with van der Waals surface area (Å²) in [6.45, 7) is 1.87. The molecule has 0 saturated carbocycles. The molecule has 0 amide bonds. The molecule has 0 fully saturated rings. The normalized spacial score (nSPS) is 11.5. The maximum atomic E-state index is 12.2. The first kappa shape index (κ1) is 10.4. The van der Waals surface area contributed by atoms with Gasteiger partial charge in [-0.3, -0.25) is 4.79 Å². The first-order valence-electron chi connectivity index (χ1n) is 5.22. The van der Waals surface area contributed by atoms with Gasteiger partial charge in [0.2, 0.25) is 0 Å². The Morgan fingerprint density at radius 1 is 1.29 bits per heavy atom. The number of nitrogens with zero attached hydrogens (tertiary/aromatic N) is 3. The topological polar surface area (TPSA) is 39.3 Å². The molecule has 0 bridgehead atoms. The number of rotatable bonds is 0. The minimum absolute atomic E-state index is 0.135. The van der Waals surface area contributed by atoms with Crippen molar-refractivity contribution in [1.29, 1.82) is 0 Å². The number of fused-ring (bicyclic) bond motifs is 2. The van der Waals surface area contributed by atoms with E-state index in [1.165, 1.54) is 4.52 Å². The minimum atomic E-state index is -0.135. The molecule has 17 heavy (non-hydrogen) atoms. The first-order valence-corrected chi connectivity index (χ1v) is 5.60. The lowest BCUT2D eigenvalue weighted by molar-refractivity contribution is 0.847. The van der Waals surface area contributed by atoms with E-state index in [2.05, 4.69) is 5.10 Å². The van der Waals surface area contributed by atoms with Gasteiger partial charge in [-0.25, -0.2) is 0 Å². The average molecular weight is 248 g/mol. The maximum absolute atomic E-state index is 12.2. The summed E-state index contributed by atoms with van der Waals surface area (Å²) in [5.74, 6) is 0. The Bertz CT molecular complexity index is 801. The third-order valence-electron chi connectivity index (χ3n) is 2.90. The second-order valence-corrected chi connectivity index (χ2v) is 4.52. The van der Waals surface area contributed by atoms with Crippen molar-refractivity contribution in [2.75, 3.05) is 0 Å². The minimum Gasteiger partial charge on any atom is -0.329 e. The monoisotopic (exact) mass is 247 g/mol. The van der Waals surface area contributed by atoms with Crippen molar-refractivity contribution in [2.24, 2.45) is 7.05 Å². The Balaban J connectivity index is 2.67. The summed E-state index contributed by atoms with van der Waals surface area (Å²) >= 11 is 5.92. The van der Waals surface area contributed by atoms with Crippen LogP contribution in [0, 0.1) is 6.92 Å². The fraction of sp³-hybridized carbons (Fsp3) is 0.167. The molecule has 0 aliphatic rings. The van der Waals surface area contributed by atoms with Gasteiger partial charge in [0.15, 0.2) is 0 Å². The number of halogens is 1. The summed E-state index contributed by atoms with van der Waals surface area (Å²) in [7, 11) is 1.91. The molecule has 2 heterocycles. The standard InChI is InChI=1S/C12H10ClN3O/c1-7-5-11-15(2)10-4-3-8(13)6-9(10)12(17)16(11)14-7/h3-6H,1-2H3. The van der Waals surface area contributed by atoms with Crippen molar-refractivity contribution in [2.45, 2.75) is 6.92 Å². The molecule has 3 rings (SSSR count). The van der Waals surface area contributed by atoms with Gasteiger partial charge in [0, 0.05) is 18.1 Å². The van der Waals surface area contributed by atoms with Gasteiger partial charge in [-0.1, -0.05) is 11.6 Å². The highest BCUT2D eigenvalue weighted by molar-refractivity contribution is 6.31. The van der Waals surface area contributed by atoms with Crippen LogP contribution in [0.2, 0.25) is 5.02 Å². The first-order chi connectivity index (χ1) is 8.08. The number of aromatic nitrogens is 3. The molecule has 0 radical (unpaired) electrons. The summed E-state index contributed by atoms with van der Waals surface area (Å²) < 4.78 is 3.35. The summed E-state index contributed by atoms with van der Waals surface area (Å²) in [5.41, 5.74) is 2.32. The second kappa shape index (κ2) is 3.34. The van der Waals surface area contributed by atoms with Crippen molar-refractivity contribution in [1.82, 2.24) is 14.2 Å². The zero-order valence-corrected chi connectivity index (χ0v) is 10.2. The Morgan fingerprint density at radius 2 is 2.06 bits per heavy atom. The molecule has 86 valence electrons. The fourth-order valence-corrected chi connectivity index (χ4v) is 2.26. The number of aryl methyl sites for hydroxylation is 2. The summed E-state index contributed by atoms with van der Waals surface area (Å²) in [6, 6.07) is 7.19. The van der Waals surface area contributed by atoms with Gasteiger partial charge in [-0.2, -0.15) is 9.61 Å². The van der Waals surface area contributed by atoms with Gasteiger partial charge in [0.25, 0.3) is 5.56 Å². The molecule has 5 heteroatoms. The highest BCUT2D eigenvalue weighted by Crippen LogP contribution is 2.18. The van der Waals surface area contributed by atoms with Gasteiger partial charge >= 0.3 is 0 Å². The highest BCUT2D eigenvalue weighted by Gasteiger charge is 2.10. The molecule has 3 aromatic rings. The predicted octanol–water partition coefficient (Wildman–Crippen LogP) is 2.15. The third kappa shape index (κ3) is 1.37. The Morgan fingerprint density at radius 3 is 2.82 bits per heavy atom. The van der Waals surface area contributed by atoms with Crippen LogP contribution in [0.3, 0.4) is 0 Å². The molecule has 4 nitrogen and oxygen atoms in total. The zero-order valence-electron chi connectivity index (χ0n) is 9.44. The molecule has 0 atom stereocenters. The number of benzene rings is 1. The largest absolute Gasteiger partial charge is 0.329 e. The van der Waals surface area contributed by atoms with Crippen LogP contribution in [0.25, 0.3) is 16.6 Å². The van der Waals surface area contributed by atoms with E-state index in [1.807, 2.05) is 30.7 Å². The van der Waals surface area contributed by atoms with Gasteiger partial charge in [-0.05, 0) is 25.1 Å². The van der Waals surface area contributed by atoms with E-state index in [4.69, 9.17) is 11.6 Å². The summed E-state index contributed by atoms with van der Waals surface area (Å²) in [5, 5.41) is 5.33. The zero-order chi connectivity index (χ0) is 12.2. The lowest BCUT2D eigenvalue weighted by atomic mass is 10.2. The van der Waals surface area contributed by atoms with E-state index in [-0.39, 0.29) is 5.56 Å². The van der Waals surface area contributed by atoms with E-state index in [1.54, 1.807) is 12.1 Å². The molecular formula is C12H10ClN3O. The van der Waals surface area contributed by atoms with E-state index >= 15 is 0 Å². The number of hydrogen-bond acceptors (Lipinski definition) is 2. The van der Waals surface area contributed by atoms with Gasteiger partial charge in [0.1, 0.15) is 5.65 Å². The molecule has 0 spiro atoms. The van der Waals surface area contributed by atoms with E-state index in [0.29, 0.717) is 10.4 Å². The van der Waals surface area contributed by atoms with Crippen LogP contribution in [0.15, 0.2) is 29.1 Å². The van der Waals surface area contributed by atoms with Gasteiger partial charge in [0.05, 0.1) is 16.6 Å². The molecule has 0 aliphatic heterocycles. The SMILES string of the molecule is Cc1cc2n(C)c3ccc(Cl)cc3c(=O)n2n1. The predicted molar refractivity (Wildman–Crippen MR) is 67.7 cm³/mol. The smallest absolute Gasteiger partial charge is 0.282 e. The lowest BCUT2D eigenvalue weighted by Gasteiger charge is -2.07. The Kier molecular flexibility index (Phi) is 2.03. The van der Waals surface area contributed by atoms with Gasteiger partial charge in [-0.15, -0.1) is 0 Å². The molecule has 0 aliphatic carbocycles. The maximum Gasteiger partial charge on any atom is 0.282 e. The van der Waals surface area contributed by atoms with Crippen LogP contribution in [0.1, 0.15) is 5.69 Å². The summed E-state index contributed by atoms with van der Waals surface area (Å²) in [4.78, 5) is 12.2. The third-order valence-corrected chi connectivity index (χ3v) is 3.13. The van der Waals surface area contributed by atoms with E-state index in [0.717, 1.165) is 16.9 Å². The lowest BCUT2D eigenvalue weighted by Crippen LogP contribution is -2.18.